The van der Waals surface area contributed by atoms with Crippen molar-refractivity contribution in [1.29, 1.82) is 0 Å². The van der Waals surface area contributed by atoms with E-state index in [2.05, 4.69) is 25.8 Å². The Kier molecular flexibility index (Phi) is 3.88. The first-order valence-electron chi connectivity index (χ1n) is 6.81. The second-order valence-corrected chi connectivity index (χ2v) is 5.92. The molecule has 0 aliphatic carbocycles. The number of phenolic OH excluding ortho intramolecular Hbond substituents is 1. The molecule has 110 valence electrons. The molecule has 1 amide bonds. The monoisotopic (exact) mass is 349 g/mol. The van der Waals surface area contributed by atoms with Crippen LogP contribution in [0, 0.1) is 0 Å². The van der Waals surface area contributed by atoms with Gasteiger partial charge in [0.1, 0.15) is 11.4 Å². The summed E-state index contributed by atoms with van der Waals surface area (Å²) >= 11 is 3.33. The van der Waals surface area contributed by atoms with E-state index in [0.29, 0.717) is 31.9 Å². The third-order valence-corrected chi connectivity index (χ3v) is 4.13. The van der Waals surface area contributed by atoms with Gasteiger partial charge in [0.15, 0.2) is 0 Å². The first-order chi connectivity index (χ1) is 10.1. The number of nitrogens with zero attached hydrogens (tertiary/aromatic N) is 2. The summed E-state index contributed by atoms with van der Waals surface area (Å²) in [5, 5.41) is 9.89. The number of aromatic nitrogens is 1. The Morgan fingerprint density at radius 3 is 2.52 bits per heavy atom. The summed E-state index contributed by atoms with van der Waals surface area (Å²) in [5.41, 5.74) is 1.42. The van der Waals surface area contributed by atoms with Crippen LogP contribution >= 0.6 is 15.9 Å². The van der Waals surface area contributed by atoms with E-state index < -0.39 is 0 Å². The number of hydrogen-bond acceptors (Lipinski definition) is 3. The summed E-state index contributed by atoms with van der Waals surface area (Å²) in [5.74, 6) is 0.295. The smallest absolute Gasteiger partial charge is 0.270 e. The fourth-order valence-corrected chi connectivity index (χ4v) is 2.89. The summed E-state index contributed by atoms with van der Waals surface area (Å²) < 4.78 is 0.874. The lowest BCUT2D eigenvalue weighted by Crippen LogP contribution is -2.48. The van der Waals surface area contributed by atoms with Crippen LogP contribution in [0.5, 0.6) is 5.75 Å². The zero-order valence-electron chi connectivity index (χ0n) is 11.4. The summed E-state index contributed by atoms with van der Waals surface area (Å²) in [7, 11) is 0. The minimum Gasteiger partial charge on any atom is -0.506 e. The Bertz CT molecular complexity index is 648. The van der Waals surface area contributed by atoms with Crippen LogP contribution in [-0.4, -0.2) is 47.1 Å². The molecule has 0 radical (unpaired) electrons. The number of H-pyrrole nitrogens is 1. The minimum atomic E-state index is 0.0117. The molecule has 1 saturated heterocycles. The maximum atomic E-state index is 12.3. The van der Waals surface area contributed by atoms with Gasteiger partial charge in [-0.3, -0.25) is 4.79 Å². The van der Waals surface area contributed by atoms with Crippen LogP contribution in [0.3, 0.4) is 0 Å². The van der Waals surface area contributed by atoms with Crippen LogP contribution in [0.1, 0.15) is 10.5 Å². The molecule has 5 nitrogen and oxygen atoms in total. The Morgan fingerprint density at radius 2 is 1.90 bits per heavy atom. The van der Waals surface area contributed by atoms with E-state index in [-0.39, 0.29) is 11.7 Å². The molecule has 1 fully saturated rings. The van der Waals surface area contributed by atoms with E-state index in [1.54, 1.807) is 18.3 Å². The van der Waals surface area contributed by atoms with Crippen molar-refractivity contribution in [3.8, 4) is 5.75 Å². The number of halogens is 1. The molecule has 0 spiro atoms. The molecule has 21 heavy (non-hydrogen) atoms. The van der Waals surface area contributed by atoms with Gasteiger partial charge in [-0.1, -0.05) is 12.1 Å². The summed E-state index contributed by atoms with van der Waals surface area (Å²) in [4.78, 5) is 19.2. The van der Waals surface area contributed by atoms with Crippen LogP contribution in [0.4, 0.5) is 5.69 Å². The molecule has 1 aliphatic heterocycles. The molecule has 1 aliphatic rings. The Balaban J connectivity index is 1.65. The third-order valence-electron chi connectivity index (χ3n) is 3.67. The molecule has 0 atom stereocenters. The zero-order chi connectivity index (χ0) is 14.8. The number of rotatable bonds is 2. The van der Waals surface area contributed by atoms with Gasteiger partial charge in [0.05, 0.1) is 5.69 Å². The fourth-order valence-electron chi connectivity index (χ4n) is 2.54. The van der Waals surface area contributed by atoms with Crippen LogP contribution in [0.2, 0.25) is 0 Å². The van der Waals surface area contributed by atoms with Crippen LogP contribution in [0.25, 0.3) is 0 Å². The number of phenols is 1. The molecule has 0 saturated carbocycles. The second-order valence-electron chi connectivity index (χ2n) is 5.00. The van der Waals surface area contributed by atoms with Gasteiger partial charge in [-0.15, -0.1) is 0 Å². The van der Waals surface area contributed by atoms with Gasteiger partial charge in [-0.2, -0.15) is 0 Å². The van der Waals surface area contributed by atoms with Crippen molar-refractivity contribution in [2.45, 2.75) is 0 Å². The summed E-state index contributed by atoms with van der Waals surface area (Å²) in [6.45, 7) is 2.71. The highest BCUT2D eigenvalue weighted by molar-refractivity contribution is 9.10. The molecular formula is C15H16BrN3O2. The molecule has 2 heterocycles. The average molecular weight is 350 g/mol. The molecule has 0 bridgehead atoms. The van der Waals surface area contributed by atoms with Gasteiger partial charge in [0.25, 0.3) is 5.91 Å². The van der Waals surface area contributed by atoms with Crippen LogP contribution < -0.4 is 4.90 Å². The lowest BCUT2D eigenvalue weighted by molar-refractivity contribution is 0.0741. The minimum absolute atomic E-state index is 0.0117. The molecule has 2 aromatic rings. The molecule has 0 unspecified atom stereocenters. The molecule has 6 heteroatoms. The third kappa shape index (κ3) is 2.90. The standard InChI is InChI=1S/C15H16BrN3O2/c16-11-9-12(17-10-11)15(21)19-7-5-18(6-8-19)13-3-1-2-4-14(13)20/h1-4,9-10,17,20H,5-8H2. The van der Waals surface area contributed by atoms with E-state index in [1.165, 1.54) is 0 Å². The molecule has 1 aromatic heterocycles. The highest BCUT2D eigenvalue weighted by Gasteiger charge is 2.24. The number of piperazine rings is 1. The van der Waals surface area contributed by atoms with E-state index in [4.69, 9.17) is 0 Å². The van der Waals surface area contributed by atoms with Gasteiger partial charge in [0.2, 0.25) is 0 Å². The van der Waals surface area contributed by atoms with Crippen molar-refractivity contribution in [3.63, 3.8) is 0 Å². The summed E-state index contributed by atoms with van der Waals surface area (Å²) in [6.07, 6.45) is 1.76. The number of carbonyl (C=O) groups is 1. The molecule has 2 N–H and O–H groups in total. The number of aromatic amines is 1. The lowest BCUT2D eigenvalue weighted by atomic mass is 10.2. The number of amides is 1. The highest BCUT2D eigenvalue weighted by Crippen LogP contribution is 2.27. The van der Waals surface area contributed by atoms with E-state index >= 15 is 0 Å². The number of para-hydroxylation sites is 2. The van der Waals surface area contributed by atoms with E-state index in [0.717, 1.165) is 10.2 Å². The Hall–Kier alpha value is -1.95. The second kappa shape index (κ2) is 5.81. The number of anilines is 1. The van der Waals surface area contributed by atoms with Crippen molar-refractivity contribution in [1.82, 2.24) is 9.88 Å². The number of hydrogen-bond donors (Lipinski definition) is 2. The summed E-state index contributed by atoms with van der Waals surface area (Å²) in [6, 6.07) is 9.08. The predicted octanol–water partition coefficient (Wildman–Crippen LogP) is 2.45. The van der Waals surface area contributed by atoms with Gasteiger partial charge >= 0.3 is 0 Å². The molecule has 3 rings (SSSR count). The highest BCUT2D eigenvalue weighted by atomic mass is 79.9. The number of benzene rings is 1. The quantitative estimate of drug-likeness (QED) is 0.875. The SMILES string of the molecule is O=C(c1cc(Br)c[nH]1)N1CCN(c2ccccc2O)CC1. The van der Waals surface area contributed by atoms with Crippen molar-refractivity contribution in [3.05, 3.63) is 46.7 Å². The van der Waals surface area contributed by atoms with Crippen LogP contribution in [0.15, 0.2) is 41.0 Å². The van der Waals surface area contributed by atoms with E-state index in [9.17, 15) is 9.90 Å². The lowest BCUT2D eigenvalue weighted by Gasteiger charge is -2.36. The molecular weight excluding hydrogens is 334 g/mol. The van der Waals surface area contributed by atoms with Crippen molar-refractivity contribution < 1.29 is 9.90 Å². The Labute approximate surface area is 131 Å². The topological polar surface area (TPSA) is 59.6 Å². The fraction of sp³-hybridized carbons (Fsp3) is 0.267. The first kappa shape index (κ1) is 14.0. The largest absolute Gasteiger partial charge is 0.506 e. The number of nitrogens with one attached hydrogen (secondary N) is 1. The van der Waals surface area contributed by atoms with E-state index in [1.807, 2.05) is 23.1 Å². The van der Waals surface area contributed by atoms with Gasteiger partial charge in [-0.05, 0) is 34.1 Å². The Morgan fingerprint density at radius 1 is 1.19 bits per heavy atom. The predicted molar refractivity (Wildman–Crippen MR) is 84.7 cm³/mol. The normalized spacial score (nSPS) is 15.3. The molecule has 1 aromatic carbocycles. The van der Waals surface area contributed by atoms with Gasteiger partial charge < -0.3 is 19.9 Å². The average Bonchev–Trinajstić information content (AvgIpc) is 2.94. The first-order valence-corrected chi connectivity index (χ1v) is 7.60. The van der Waals surface area contributed by atoms with Gasteiger partial charge in [0, 0.05) is 36.8 Å². The van der Waals surface area contributed by atoms with Gasteiger partial charge in [-0.25, -0.2) is 0 Å². The maximum Gasteiger partial charge on any atom is 0.270 e. The van der Waals surface area contributed by atoms with Crippen molar-refractivity contribution in [2.75, 3.05) is 31.1 Å². The number of carbonyl (C=O) groups excluding carboxylic acids is 1. The maximum absolute atomic E-state index is 12.3. The zero-order valence-corrected chi connectivity index (χ0v) is 13.0. The van der Waals surface area contributed by atoms with Crippen molar-refractivity contribution in [2.24, 2.45) is 0 Å². The number of aromatic hydroxyl groups is 1. The van der Waals surface area contributed by atoms with Crippen LogP contribution in [-0.2, 0) is 0 Å². The van der Waals surface area contributed by atoms with Crippen molar-refractivity contribution >= 4 is 27.5 Å².